The second-order valence-electron chi connectivity index (χ2n) is 3.73. The van der Waals surface area contributed by atoms with Crippen molar-refractivity contribution in [2.75, 3.05) is 18.1 Å². The van der Waals surface area contributed by atoms with Gasteiger partial charge in [0.25, 0.3) is 0 Å². The lowest BCUT2D eigenvalue weighted by Gasteiger charge is -2.12. The topological polar surface area (TPSA) is 99.1 Å². The van der Waals surface area contributed by atoms with Gasteiger partial charge in [0.1, 0.15) is 17.2 Å². The maximum Gasteiger partial charge on any atom is 0.223 e. The van der Waals surface area contributed by atoms with Gasteiger partial charge in [-0.3, -0.25) is 4.57 Å². The molecule has 3 rings (SSSR count). The fraction of sp³-hybridized carbons (Fsp3) is 0.444. The number of fused-ring (bicyclic) bond motifs is 1. The first kappa shape index (κ1) is 12.0. The third kappa shape index (κ3) is 1.91. The number of anilines is 1. The number of halogens is 1. The maximum absolute atomic E-state index is 9.05. The molecule has 2 aromatic rings. The van der Waals surface area contributed by atoms with Crippen molar-refractivity contribution in [1.29, 1.82) is 0 Å². The van der Waals surface area contributed by atoms with Crippen LogP contribution in [0.2, 0.25) is 5.15 Å². The molecule has 3 heterocycles. The number of aromatic nitrogens is 4. The highest BCUT2D eigenvalue weighted by atomic mass is 35.5. The summed E-state index contributed by atoms with van der Waals surface area (Å²) in [6.07, 6.45) is 1.36. The maximum atomic E-state index is 9.05. The van der Waals surface area contributed by atoms with Gasteiger partial charge >= 0.3 is 0 Å². The molecular weight excluding hydrogens is 278 g/mol. The lowest BCUT2D eigenvalue weighted by Crippen LogP contribution is -2.14. The molecular formula is C9H10ClN5O2S. The Balaban J connectivity index is 2.03. The minimum Gasteiger partial charge on any atom is -0.393 e. The van der Waals surface area contributed by atoms with Crippen LogP contribution in [0, 0.1) is 0 Å². The van der Waals surface area contributed by atoms with Crippen molar-refractivity contribution in [1.82, 2.24) is 19.5 Å². The smallest absolute Gasteiger partial charge is 0.223 e. The summed E-state index contributed by atoms with van der Waals surface area (Å²) in [5.74, 6) is 0.802. The molecule has 0 unspecified atom stereocenters. The summed E-state index contributed by atoms with van der Waals surface area (Å²) >= 11 is 7.48. The van der Waals surface area contributed by atoms with Crippen molar-refractivity contribution >= 4 is 40.5 Å². The van der Waals surface area contributed by atoms with Crippen molar-refractivity contribution in [3.63, 3.8) is 0 Å². The number of nitrogens with zero attached hydrogens (tertiary/aromatic N) is 4. The van der Waals surface area contributed by atoms with Crippen molar-refractivity contribution in [3.8, 4) is 0 Å². The zero-order valence-corrected chi connectivity index (χ0v) is 10.7. The first-order valence-corrected chi connectivity index (χ1v) is 6.65. The number of nitrogen functional groups attached to an aromatic ring is 1. The summed E-state index contributed by atoms with van der Waals surface area (Å²) in [5.41, 5.74) is 6.38. The Morgan fingerprint density at radius 3 is 3.17 bits per heavy atom. The van der Waals surface area contributed by atoms with E-state index < -0.39 is 0 Å². The second kappa shape index (κ2) is 4.54. The number of aliphatic hydroxyl groups is 1. The number of hydrogen-bond donors (Lipinski definition) is 2. The summed E-state index contributed by atoms with van der Waals surface area (Å²) < 4.78 is 7.39. The van der Waals surface area contributed by atoms with Gasteiger partial charge in [-0.05, 0) is 0 Å². The molecule has 0 aliphatic carbocycles. The van der Waals surface area contributed by atoms with Crippen LogP contribution in [-0.2, 0) is 4.74 Å². The van der Waals surface area contributed by atoms with Crippen LogP contribution in [0.15, 0.2) is 6.33 Å². The van der Waals surface area contributed by atoms with Crippen LogP contribution >= 0.6 is 23.4 Å². The van der Waals surface area contributed by atoms with Gasteiger partial charge in [-0.25, -0.2) is 4.98 Å². The summed E-state index contributed by atoms with van der Waals surface area (Å²) in [6.45, 7) is -0.0221. The third-order valence-electron chi connectivity index (χ3n) is 2.59. The van der Waals surface area contributed by atoms with Crippen LogP contribution in [0.25, 0.3) is 11.2 Å². The summed E-state index contributed by atoms with van der Waals surface area (Å²) in [5, 5.41) is 9.27. The Labute approximate surface area is 111 Å². The van der Waals surface area contributed by atoms with Gasteiger partial charge < -0.3 is 15.6 Å². The highest BCUT2D eigenvalue weighted by Crippen LogP contribution is 2.33. The zero-order chi connectivity index (χ0) is 12.7. The number of nitrogens with two attached hydrogens (primary N) is 1. The lowest BCUT2D eigenvalue weighted by molar-refractivity contribution is -0.00190. The minimum atomic E-state index is -0.234. The number of thioether (sulfide) groups is 1. The SMILES string of the molecule is Nc1nc(Cl)c2ncn([C@@H]3CS[C@@H](CO)O3)c2n1. The van der Waals surface area contributed by atoms with E-state index in [1.807, 2.05) is 0 Å². The van der Waals surface area contributed by atoms with Crippen LogP contribution in [0.1, 0.15) is 6.23 Å². The summed E-state index contributed by atoms with van der Waals surface area (Å²) in [6, 6.07) is 0. The minimum absolute atomic E-state index is 0.0221. The van der Waals surface area contributed by atoms with E-state index in [1.54, 1.807) is 10.9 Å². The number of hydrogen-bond acceptors (Lipinski definition) is 7. The quantitative estimate of drug-likeness (QED) is 0.782. The molecule has 1 aliphatic heterocycles. The van der Waals surface area contributed by atoms with Crippen LogP contribution in [-0.4, -0.2) is 42.4 Å². The molecule has 3 N–H and O–H groups in total. The highest BCUT2D eigenvalue weighted by Gasteiger charge is 2.28. The first-order chi connectivity index (χ1) is 8.69. The molecule has 18 heavy (non-hydrogen) atoms. The van der Waals surface area contributed by atoms with Gasteiger partial charge in [0, 0.05) is 5.75 Å². The predicted molar refractivity (Wildman–Crippen MR) is 68.2 cm³/mol. The normalized spacial score (nSPS) is 23.9. The Bertz CT molecular complexity index is 592. The average molecular weight is 288 g/mol. The molecule has 2 aromatic heterocycles. The largest absolute Gasteiger partial charge is 0.393 e. The van der Waals surface area contributed by atoms with E-state index in [9.17, 15) is 0 Å². The molecule has 96 valence electrons. The van der Waals surface area contributed by atoms with E-state index in [1.165, 1.54) is 11.8 Å². The first-order valence-electron chi connectivity index (χ1n) is 5.22. The average Bonchev–Trinajstić information content (AvgIpc) is 2.93. The molecule has 0 bridgehead atoms. The van der Waals surface area contributed by atoms with E-state index in [-0.39, 0.29) is 29.4 Å². The Kier molecular flexibility index (Phi) is 3.02. The van der Waals surface area contributed by atoms with Crippen LogP contribution in [0.4, 0.5) is 5.95 Å². The monoisotopic (exact) mass is 287 g/mol. The van der Waals surface area contributed by atoms with Gasteiger partial charge in [0.05, 0.1) is 12.9 Å². The fourth-order valence-corrected chi connectivity index (χ4v) is 2.94. The number of imidazole rings is 1. The summed E-state index contributed by atoms with van der Waals surface area (Å²) in [4.78, 5) is 12.1. The van der Waals surface area contributed by atoms with Gasteiger partial charge in [-0.2, -0.15) is 9.97 Å². The fourth-order valence-electron chi connectivity index (χ4n) is 1.79. The standard InChI is InChI=1S/C9H10ClN5O2S/c10-7-6-8(14-9(11)13-7)15(3-12-6)4-2-18-5(1-16)17-4/h3-5,16H,1-2H2,(H2,11,13,14)/t4-,5-/m0/s1. The highest BCUT2D eigenvalue weighted by molar-refractivity contribution is 8.00. The summed E-state index contributed by atoms with van der Waals surface area (Å²) in [7, 11) is 0. The van der Waals surface area contributed by atoms with Crippen LogP contribution < -0.4 is 5.73 Å². The molecule has 7 nitrogen and oxygen atoms in total. The van der Waals surface area contributed by atoms with E-state index in [4.69, 9.17) is 27.2 Å². The van der Waals surface area contributed by atoms with Gasteiger partial charge in [-0.1, -0.05) is 11.6 Å². The molecule has 1 aliphatic rings. The molecule has 1 saturated heterocycles. The Morgan fingerprint density at radius 2 is 2.44 bits per heavy atom. The molecule has 0 saturated carbocycles. The van der Waals surface area contributed by atoms with Crippen molar-refractivity contribution in [2.24, 2.45) is 0 Å². The van der Waals surface area contributed by atoms with Gasteiger partial charge in [0.2, 0.25) is 5.95 Å². The lowest BCUT2D eigenvalue weighted by atomic mass is 10.5. The molecule has 9 heteroatoms. The second-order valence-corrected chi connectivity index (χ2v) is 5.28. The zero-order valence-electron chi connectivity index (χ0n) is 9.15. The van der Waals surface area contributed by atoms with E-state index in [0.717, 1.165) is 0 Å². The van der Waals surface area contributed by atoms with Gasteiger partial charge in [-0.15, -0.1) is 11.8 Å². The van der Waals surface area contributed by atoms with Crippen molar-refractivity contribution in [3.05, 3.63) is 11.5 Å². The van der Waals surface area contributed by atoms with E-state index in [0.29, 0.717) is 16.9 Å². The van der Waals surface area contributed by atoms with Crippen molar-refractivity contribution < 1.29 is 9.84 Å². The third-order valence-corrected chi connectivity index (χ3v) is 3.96. The Morgan fingerprint density at radius 1 is 1.61 bits per heavy atom. The Hall–Kier alpha value is -1.09. The molecule has 0 radical (unpaired) electrons. The molecule has 0 aromatic carbocycles. The number of aliphatic hydroxyl groups excluding tert-OH is 1. The predicted octanol–water partition coefficient (Wildman–Crippen LogP) is 0.642. The van der Waals surface area contributed by atoms with Crippen molar-refractivity contribution in [2.45, 2.75) is 11.7 Å². The molecule has 0 amide bonds. The molecule has 1 fully saturated rings. The van der Waals surface area contributed by atoms with Crippen LogP contribution in [0.3, 0.4) is 0 Å². The number of rotatable bonds is 2. The van der Waals surface area contributed by atoms with Crippen LogP contribution in [0.5, 0.6) is 0 Å². The van der Waals surface area contributed by atoms with E-state index >= 15 is 0 Å². The van der Waals surface area contributed by atoms with Gasteiger partial charge in [0.15, 0.2) is 10.8 Å². The van der Waals surface area contributed by atoms with E-state index in [2.05, 4.69) is 15.0 Å². The molecule has 2 atom stereocenters. The molecule has 0 spiro atoms. The number of ether oxygens (including phenoxy) is 1.